The monoisotopic (exact) mass is 493 g/mol. The van der Waals surface area contributed by atoms with Crippen molar-refractivity contribution < 1.29 is 39.2 Å². The van der Waals surface area contributed by atoms with Gasteiger partial charge in [0, 0.05) is 35.8 Å². The number of carbonyl (C=O) groups excluding carboxylic acids is 2. The van der Waals surface area contributed by atoms with Gasteiger partial charge in [-0.05, 0) is 31.1 Å². The third-order valence-electron chi connectivity index (χ3n) is 5.60. The molecule has 0 aliphatic heterocycles. The molecule has 2 amide bonds. The van der Waals surface area contributed by atoms with Gasteiger partial charge in [-0.3, -0.25) is 19.2 Å². The summed E-state index contributed by atoms with van der Waals surface area (Å²) in [6, 6.07) is -1.24. The fourth-order valence-corrected chi connectivity index (χ4v) is 3.81. The summed E-state index contributed by atoms with van der Waals surface area (Å²) in [5, 5.41) is 32.7. The van der Waals surface area contributed by atoms with Crippen LogP contribution in [0.3, 0.4) is 0 Å². The minimum absolute atomic E-state index is 0.00525. The lowest BCUT2D eigenvalue weighted by molar-refractivity contribution is -0.144. The zero-order chi connectivity index (χ0) is 25.6. The van der Waals surface area contributed by atoms with E-state index in [2.05, 4.69) is 15.2 Å². The highest BCUT2D eigenvalue weighted by molar-refractivity contribution is 7.97. The molecule has 13 heteroatoms. The number of rotatable bonds is 18. The quantitative estimate of drug-likeness (QED) is 0.136. The van der Waals surface area contributed by atoms with E-state index < -0.39 is 60.9 Å². The zero-order valence-corrected chi connectivity index (χ0v) is 20.2. The van der Waals surface area contributed by atoms with E-state index in [9.17, 15) is 34.3 Å². The average molecular weight is 494 g/mol. The number of aliphatic hydroxyl groups is 1. The highest BCUT2D eigenvalue weighted by Crippen LogP contribution is 2.27. The van der Waals surface area contributed by atoms with Crippen LogP contribution in [0.5, 0.6) is 0 Å². The number of methoxy groups -OCH3 is 1. The Morgan fingerprint density at radius 2 is 1.76 bits per heavy atom. The van der Waals surface area contributed by atoms with E-state index in [1.54, 1.807) is 0 Å². The van der Waals surface area contributed by atoms with Gasteiger partial charge in [-0.25, -0.2) is 0 Å². The van der Waals surface area contributed by atoms with Crippen molar-refractivity contribution in [3.63, 3.8) is 0 Å². The van der Waals surface area contributed by atoms with Crippen LogP contribution < -0.4 is 10.6 Å². The largest absolute Gasteiger partial charge is 0.481 e. The Morgan fingerprint density at radius 3 is 2.24 bits per heavy atom. The first-order chi connectivity index (χ1) is 15.5. The van der Waals surface area contributed by atoms with E-state index in [4.69, 9.17) is 9.84 Å². The van der Waals surface area contributed by atoms with Crippen LogP contribution in [0.1, 0.15) is 46.5 Å². The molecular formula is C20H35N3O9S. The van der Waals surface area contributed by atoms with Crippen LogP contribution >= 0.6 is 11.9 Å². The standard InChI is InChI=1S/C20H35N3O9S/c1-5-15(24)18(32-4)12(3)11(2)6-7-13(20(29)30)8-16(25)22-14(10-33-23-31)19(28)21-9-17(26)27/h11-15,18,24H,5-10H2,1-4H3,(H,21,28)(H,22,25)(H,26,27)(H,29,30). The van der Waals surface area contributed by atoms with Gasteiger partial charge in [0.15, 0.2) is 0 Å². The number of nitroso groups, excluding NO2 is 1. The maximum absolute atomic E-state index is 12.4. The Bertz CT molecular complexity index is 665. The molecule has 0 saturated heterocycles. The van der Waals surface area contributed by atoms with Crippen molar-refractivity contribution in [1.29, 1.82) is 0 Å². The predicted molar refractivity (Wildman–Crippen MR) is 121 cm³/mol. The van der Waals surface area contributed by atoms with Gasteiger partial charge in [-0.1, -0.05) is 20.8 Å². The SMILES string of the molecule is CCC(O)C(OC)C(C)C(C)CCC(CC(=O)NC(CSN=O)C(=O)NCC(=O)O)C(=O)O. The Kier molecular flexibility index (Phi) is 15.3. The van der Waals surface area contributed by atoms with Crippen molar-refractivity contribution in [3.05, 3.63) is 4.91 Å². The summed E-state index contributed by atoms with van der Waals surface area (Å²) in [5.41, 5.74) is 0. The number of carbonyl (C=O) groups is 4. The summed E-state index contributed by atoms with van der Waals surface area (Å²) in [6.07, 6.45) is -0.263. The molecule has 190 valence electrons. The van der Waals surface area contributed by atoms with Crippen molar-refractivity contribution in [2.45, 2.75) is 64.7 Å². The Hall–Kier alpha value is -2.25. The molecule has 6 atom stereocenters. The third-order valence-corrected chi connectivity index (χ3v) is 6.18. The van der Waals surface area contributed by atoms with Gasteiger partial charge >= 0.3 is 11.9 Å². The second kappa shape index (κ2) is 16.4. The number of nitrogens with zero attached hydrogens (tertiary/aromatic N) is 1. The van der Waals surface area contributed by atoms with Crippen molar-refractivity contribution >= 4 is 35.7 Å². The van der Waals surface area contributed by atoms with Gasteiger partial charge in [0.1, 0.15) is 12.6 Å². The first-order valence-electron chi connectivity index (χ1n) is 10.6. The zero-order valence-electron chi connectivity index (χ0n) is 19.4. The summed E-state index contributed by atoms with van der Waals surface area (Å²) in [6.45, 7) is 5.00. The number of amides is 2. The molecule has 0 aromatic carbocycles. The van der Waals surface area contributed by atoms with Crippen molar-refractivity contribution in [3.8, 4) is 0 Å². The first kappa shape index (κ1) is 30.8. The molecule has 0 bridgehead atoms. The van der Waals surface area contributed by atoms with E-state index in [1.807, 2.05) is 20.8 Å². The maximum Gasteiger partial charge on any atom is 0.322 e. The molecule has 0 fully saturated rings. The minimum Gasteiger partial charge on any atom is -0.481 e. The van der Waals surface area contributed by atoms with Gasteiger partial charge in [0.25, 0.3) is 0 Å². The second-order valence-corrected chi connectivity index (χ2v) is 8.67. The van der Waals surface area contributed by atoms with Gasteiger partial charge in [-0.15, -0.1) is 4.91 Å². The molecule has 0 aromatic rings. The number of carboxylic acids is 2. The lowest BCUT2D eigenvalue weighted by atomic mass is 9.82. The summed E-state index contributed by atoms with van der Waals surface area (Å²) < 4.78 is 7.95. The molecule has 0 saturated carbocycles. The number of nitrogens with one attached hydrogen (secondary N) is 2. The molecule has 0 rings (SSSR count). The van der Waals surface area contributed by atoms with E-state index >= 15 is 0 Å². The highest BCUT2D eigenvalue weighted by atomic mass is 32.2. The smallest absolute Gasteiger partial charge is 0.322 e. The molecule has 0 aliphatic rings. The topological polar surface area (TPSA) is 192 Å². The summed E-state index contributed by atoms with van der Waals surface area (Å²) in [4.78, 5) is 57.1. The second-order valence-electron chi connectivity index (χ2n) is 7.93. The van der Waals surface area contributed by atoms with E-state index in [0.717, 1.165) is 0 Å². The van der Waals surface area contributed by atoms with Gasteiger partial charge in [0.2, 0.25) is 11.8 Å². The van der Waals surface area contributed by atoms with Crippen LogP contribution in [-0.2, 0) is 23.9 Å². The maximum atomic E-state index is 12.4. The molecule has 0 aromatic heterocycles. The summed E-state index contributed by atoms with van der Waals surface area (Å²) >= 11 is 0.470. The average Bonchev–Trinajstić information content (AvgIpc) is 2.77. The number of carboxylic acid groups (broad SMARTS) is 2. The van der Waals surface area contributed by atoms with E-state index in [0.29, 0.717) is 24.8 Å². The summed E-state index contributed by atoms with van der Waals surface area (Å²) in [5.74, 6) is -5.29. The normalized spacial score (nSPS) is 16.5. The molecule has 0 radical (unpaired) electrons. The number of aliphatic carboxylic acids is 2. The van der Waals surface area contributed by atoms with Crippen molar-refractivity contribution in [2.75, 3.05) is 19.4 Å². The van der Waals surface area contributed by atoms with Crippen LogP contribution in [0.4, 0.5) is 0 Å². The lowest BCUT2D eigenvalue weighted by Crippen LogP contribution is -2.49. The molecular weight excluding hydrogens is 458 g/mol. The molecule has 0 spiro atoms. The van der Waals surface area contributed by atoms with Crippen LogP contribution in [0.2, 0.25) is 0 Å². The van der Waals surface area contributed by atoms with E-state index in [1.165, 1.54) is 7.11 Å². The molecule has 0 aliphatic carbocycles. The molecule has 6 unspecified atom stereocenters. The number of aliphatic hydroxyl groups excluding tert-OH is 1. The Balaban J connectivity index is 5.00. The highest BCUT2D eigenvalue weighted by Gasteiger charge is 2.30. The predicted octanol–water partition coefficient (Wildman–Crippen LogP) is 1.02. The van der Waals surface area contributed by atoms with Gasteiger partial charge in [-0.2, -0.15) is 0 Å². The van der Waals surface area contributed by atoms with Crippen LogP contribution in [0.15, 0.2) is 4.58 Å². The van der Waals surface area contributed by atoms with Crippen LogP contribution in [-0.4, -0.2) is 76.7 Å². The lowest BCUT2D eigenvalue weighted by Gasteiger charge is -2.31. The van der Waals surface area contributed by atoms with Crippen molar-refractivity contribution in [2.24, 2.45) is 22.3 Å². The number of hydrogen-bond acceptors (Lipinski definition) is 9. The van der Waals surface area contributed by atoms with Crippen molar-refractivity contribution in [1.82, 2.24) is 10.6 Å². The Morgan fingerprint density at radius 1 is 1.12 bits per heavy atom. The molecule has 0 heterocycles. The van der Waals surface area contributed by atoms with Gasteiger partial charge in [0.05, 0.1) is 18.1 Å². The third kappa shape index (κ3) is 12.0. The summed E-state index contributed by atoms with van der Waals surface area (Å²) in [7, 11) is 1.51. The first-order valence-corrected chi connectivity index (χ1v) is 11.6. The fourth-order valence-electron chi connectivity index (χ4n) is 3.37. The van der Waals surface area contributed by atoms with Crippen LogP contribution in [0, 0.1) is 22.7 Å². The van der Waals surface area contributed by atoms with Gasteiger partial charge < -0.3 is 30.7 Å². The molecule has 12 nitrogen and oxygen atoms in total. The van der Waals surface area contributed by atoms with Crippen LogP contribution in [0.25, 0.3) is 0 Å². The van der Waals surface area contributed by atoms with E-state index in [-0.39, 0.29) is 24.0 Å². The molecule has 33 heavy (non-hydrogen) atoms. The number of hydrogen-bond donors (Lipinski definition) is 5. The molecule has 5 N–H and O–H groups in total. The minimum atomic E-state index is -1.29. The fraction of sp³-hybridized carbons (Fsp3) is 0.800. The Labute approximate surface area is 197 Å². The number of ether oxygens (including phenoxy) is 1.